The number of nitrogens with one attached hydrogen (secondary N) is 1. The Balaban J connectivity index is 2.64. The summed E-state index contributed by atoms with van der Waals surface area (Å²) in [5, 5.41) is 3.51. The summed E-state index contributed by atoms with van der Waals surface area (Å²) in [6.07, 6.45) is 0. The van der Waals surface area contributed by atoms with Gasteiger partial charge >= 0.3 is 0 Å². The summed E-state index contributed by atoms with van der Waals surface area (Å²) in [4.78, 5) is 0. The van der Waals surface area contributed by atoms with E-state index >= 15 is 0 Å². The lowest BCUT2D eigenvalue weighted by Gasteiger charge is -2.23. The Bertz CT molecular complexity index is 358. The summed E-state index contributed by atoms with van der Waals surface area (Å²) in [6, 6.07) is 4.50. The number of benzene rings is 1. The number of nitrogens with two attached hydrogens (primary N) is 1. The maximum atomic E-state index is 5.73. The van der Waals surface area contributed by atoms with Crippen molar-refractivity contribution in [2.75, 3.05) is 13.1 Å². The standard InChI is InChI=1S/C15H26N2/c1-11-6-12(2)14(13(3)7-11)8-17-10-15(4,5)9-16/h6-7,17H,8-10,16H2,1-5H3. The first-order chi connectivity index (χ1) is 7.85. The van der Waals surface area contributed by atoms with Crippen molar-refractivity contribution < 1.29 is 0 Å². The molecule has 0 unspecified atom stereocenters. The maximum absolute atomic E-state index is 5.73. The van der Waals surface area contributed by atoms with Crippen LogP contribution in [-0.4, -0.2) is 13.1 Å². The van der Waals surface area contributed by atoms with Gasteiger partial charge in [-0.15, -0.1) is 0 Å². The molecule has 2 heteroatoms. The van der Waals surface area contributed by atoms with Crippen LogP contribution in [0.1, 0.15) is 36.1 Å². The molecule has 2 nitrogen and oxygen atoms in total. The Labute approximate surface area is 106 Å². The van der Waals surface area contributed by atoms with Gasteiger partial charge in [-0.1, -0.05) is 31.5 Å². The molecule has 0 fully saturated rings. The molecular formula is C15H26N2. The van der Waals surface area contributed by atoms with E-state index in [1.165, 1.54) is 22.3 Å². The third-order valence-electron chi connectivity index (χ3n) is 3.30. The second-order valence-electron chi connectivity index (χ2n) is 5.85. The van der Waals surface area contributed by atoms with Crippen LogP contribution in [0.5, 0.6) is 0 Å². The summed E-state index contributed by atoms with van der Waals surface area (Å²) in [5.41, 5.74) is 11.4. The van der Waals surface area contributed by atoms with E-state index in [1.54, 1.807) is 0 Å². The molecule has 1 rings (SSSR count). The molecule has 0 saturated carbocycles. The number of rotatable bonds is 5. The van der Waals surface area contributed by atoms with Gasteiger partial charge in [-0.25, -0.2) is 0 Å². The molecule has 0 spiro atoms. The third kappa shape index (κ3) is 4.14. The lowest BCUT2D eigenvalue weighted by molar-refractivity contribution is 0.351. The lowest BCUT2D eigenvalue weighted by atomic mass is 9.93. The molecule has 0 aliphatic carbocycles. The van der Waals surface area contributed by atoms with Crippen LogP contribution in [0.25, 0.3) is 0 Å². The van der Waals surface area contributed by atoms with E-state index in [-0.39, 0.29) is 5.41 Å². The van der Waals surface area contributed by atoms with Crippen molar-refractivity contribution in [3.05, 3.63) is 34.4 Å². The zero-order valence-electron chi connectivity index (χ0n) is 11.9. The minimum absolute atomic E-state index is 0.173. The van der Waals surface area contributed by atoms with E-state index in [9.17, 15) is 0 Å². The van der Waals surface area contributed by atoms with Crippen molar-refractivity contribution in [2.24, 2.45) is 11.1 Å². The van der Waals surface area contributed by atoms with Gasteiger partial charge in [0.05, 0.1) is 0 Å². The zero-order chi connectivity index (χ0) is 13.1. The number of hydrogen-bond acceptors (Lipinski definition) is 2. The highest BCUT2D eigenvalue weighted by molar-refractivity contribution is 5.37. The first-order valence-electron chi connectivity index (χ1n) is 6.33. The minimum atomic E-state index is 0.173. The summed E-state index contributed by atoms with van der Waals surface area (Å²) in [5.74, 6) is 0. The Morgan fingerprint density at radius 3 is 2.12 bits per heavy atom. The molecule has 0 atom stereocenters. The van der Waals surface area contributed by atoms with Crippen LogP contribution in [0.3, 0.4) is 0 Å². The van der Waals surface area contributed by atoms with Gasteiger partial charge in [-0.3, -0.25) is 0 Å². The first-order valence-corrected chi connectivity index (χ1v) is 6.33. The summed E-state index contributed by atoms with van der Waals surface area (Å²) in [6.45, 7) is 13.5. The van der Waals surface area contributed by atoms with Crippen LogP contribution in [0.15, 0.2) is 12.1 Å². The van der Waals surface area contributed by atoms with Gasteiger partial charge in [0, 0.05) is 13.1 Å². The quantitative estimate of drug-likeness (QED) is 0.822. The monoisotopic (exact) mass is 234 g/mol. The van der Waals surface area contributed by atoms with Gasteiger partial charge in [-0.05, 0) is 49.4 Å². The molecule has 0 amide bonds. The average molecular weight is 234 g/mol. The van der Waals surface area contributed by atoms with Crippen molar-refractivity contribution in [2.45, 2.75) is 41.2 Å². The van der Waals surface area contributed by atoms with Gasteiger partial charge in [-0.2, -0.15) is 0 Å². The van der Waals surface area contributed by atoms with Crippen LogP contribution in [0.2, 0.25) is 0 Å². The molecule has 3 N–H and O–H groups in total. The van der Waals surface area contributed by atoms with Crippen LogP contribution >= 0.6 is 0 Å². The largest absolute Gasteiger partial charge is 0.330 e. The highest BCUT2D eigenvalue weighted by Crippen LogP contribution is 2.17. The Morgan fingerprint density at radius 2 is 1.65 bits per heavy atom. The fraction of sp³-hybridized carbons (Fsp3) is 0.600. The summed E-state index contributed by atoms with van der Waals surface area (Å²) in [7, 11) is 0. The second-order valence-corrected chi connectivity index (χ2v) is 5.85. The molecule has 0 heterocycles. The van der Waals surface area contributed by atoms with E-state index in [4.69, 9.17) is 5.73 Å². The predicted molar refractivity (Wildman–Crippen MR) is 75.2 cm³/mol. The van der Waals surface area contributed by atoms with E-state index in [0.29, 0.717) is 6.54 Å². The fourth-order valence-electron chi connectivity index (χ4n) is 2.09. The van der Waals surface area contributed by atoms with Gasteiger partial charge in [0.1, 0.15) is 0 Å². The van der Waals surface area contributed by atoms with Crippen LogP contribution in [0.4, 0.5) is 0 Å². The first kappa shape index (κ1) is 14.2. The molecule has 17 heavy (non-hydrogen) atoms. The molecular weight excluding hydrogens is 208 g/mol. The summed E-state index contributed by atoms with van der Waals surface area (Å²) < 4.78 is 0. The lowest BCUT2D eigenvalue weighted by Crippen LogP contribution is -2.35. The molecule has 0 saturated heterocycles. The predicted octanol–water partition coefficient (Wildman–Crippen LogP) is 2.69. The molecule has 0 radical (unpaired) electrons. The van der Waals surface area contributed by atoms with E-state index < -0.39 is 0 Å². The normalized spacial score (nSPS) is 11.9. The number of aryl methyl sites for hydroxylation is 3. The van der Waals surface area contributed by atoms with Crippen LogP contribution in [-0.2, 0) is 6.54 Å². The fourth-order valence-corrected chi connectivity index (χ4v) is 2.09. The van der Waals surface area contributed by atoms with Crippen LogP contribution in [0, 0.1) is 26.2 Å². The zero-order valence-corrected chi connectivity index (χ0v) is 11.9. The van der Waals surface area contributed by atoms with Gasteiger partial charge in [0.2, 0.25) is 0 Å². The number of hydrogen-bond donors (Lipinski definition) is 2. The van der Waals surface area contributed by atoms with Crippen molar-refractivity contribution in [3.8, 4) is 0 Å². The van der Waals surface area contributed by atoms with Gasteiger partial charge in [0.15, 0.2) is 0 Å². The van der Waals surface area contributed by atoms with Crippen molar-refractivity contribution in [3.63, 3.8) is 0 Å². The van der Waals surface area contributed by atoms with Crippen LogP contribution < -0.4 is 11.1 Å². The maximum Gasteiger partial charge on any atom is 0.0210 e. The van der Waals surface area contributed by atoms with E-state index in [1.807, 2.05) is 0 Å². The highest BCUT2D eigenvalue weighted by atomic mass is 14.9. The Hall–Kier alpha value is -0.860. The molecule has 0 bridgehead atoms. The summed E-state index contributed by atoms with van der Waals surface area (Å²) >= 11 is 0. The molecule has 1 aromatic carbocycles. The van der Waals surface area contributed by atoms with E-state index in [0.717, 1.165) is 13.1 Å². The SMILES string of the molecule is Cc1cc(C)c(CNCC(C)(C)CN)c(C)c1. The molecule has 1 aromatic rings. The smallest absolute Gasteiger partial charge is 0.0210 e. The molecule has 96 valence electrons. The molecule has 0 aliphatic heterocycles. The van der Waals surface area contributed by atoms with E-state index in [2.05, 4.69) is 52.1 Å². The Morgan fingerprint density at radius 1 is 1.12 bits per heavy atom. The second kappa shape index (κ2) is 5.65. The van der Waals surface area contributed by atoms with Crippen molar-refractivity contribution in [1.29, 1.82) is 0 Å². The topological polar surface area (TPSA) is 38.0 Å². The molecule has 0 aliphatic rings. The molecule has 0 aromatic heterocycles. The van der Waals surface area contributed by atoms with Gasteiger partial charge < -0.3 is 11.1 Å². The minimum Gasteiger partial charge on any atom is -0.330 e. The van der Waals surface area contributed by atoms with Crippen molar-refractivity contribution in [1.82, 2.24) is 5.32 Å². The Kier molecular flexibility index (Phi) is 4.72. The highest BCUT2D eigenvalue weighted by Gasteiger charge is 2.14. The average Bonchev–Trinajstić information content (AvgIpc) is 2.22. The van der Waals surface area contributed by atoms with Crippen molar-refractivity contribution >= 4 is 0 Å². The van der Waals surface area contributed by atoms with Gasteiger partial charge in [0.25, 0.3) is 0 Å². The third-order valence-corrected chi connectivity index (χ3v) is 3.30.